The smallest absolute Gasteiger partial charge is 0.243 e. The van der Waals surface area contributed by atoms with E-state index in [9.17, 15) is 4.79 Å². The minimum absolute atomic E-state index is 0. The average molecular weight is 465 g/mol. The number of amides is 1. The van der Waals surface area contributed by atoms with Gasteiger partial charge in [-0.05, 0) is 45.7 Å². The van der Waals surface area contributed by atoms with Gasteiger partial charge in [0.25, 0.3) is 0 Å². The van der Waals surface area contributed by atoms with Crippen LogP contribution in [0, 0.1) is 0 Å². The zero-order chi connectivity index (χ0) is 17.5. The number of aliphatic imine (C=N–C) groups is 1. The maximum Gasteiger partial charge on any atom is 0.243 e. The number of hydrogen-bond donors (Lipinski definition) is 1. The Labute approximate surface area is 170 Å². The standard InChI is InChI=1S/C18H35N5O.HI/c1-5-15(2)20-18(19-13-17(24)21(3)4)23-12-9-16(14-23)22-10-7-6-8-11-22;/h15-16H,5-14H2,1-4H3,(H,19,20);1H. The SMILES string of the molecule is CCC(C)NC(=NCC(=O)N(C)C)N1CCC(N2CCCCC2)C1.I. The summed E-state index contributed by atoms with van der Waals surface area (Å²) >= 11 is 0. The molecule has 7 heteroatoms. The summed E-state index contributed by atoms with van der Waals surface area (Å²) in [6, 6.07) is 1.01. The van der Waals surface area contributed by atoms with E-state index in [1.54, 1.807) is 19.0 Å². The maximum atomic E-state index is 11.9. The molecule has 2 saturated heterocycles. The van der Waals surface area contributed by atoms with Crippen LogP contribution in [-0.4, -0.2) is 85.5 Å². The number of likely N-dealkylation sites (N-methyl/N-ethyl adjacent to an activating group) is 1. The van der Waals surface area contributed by atoms with Crippen molar-refractivity contribution in [1.29, 1.82) is 0 Å². The molecule has 1 amide bonds. The third-order valence-corrected chi connectivity index (χ3v) is 5.22. The van der Waals surface area contributed by atoms with Crippen molar-refractivity contribution in [2.24, 2.45) is 4.99 Å². The summed E-state index contributed by atoms with van der Waals surface area (Å²) in [6.07, 6.45) is 6.29. The van der Waals surface area contributed by atoms with E-state index in [1.807, 2.05) is 0 Å². The highest BCUT2D eigenvalue weighted by Crippen LogP contribution is 2.20. The minimum Gasteiger partial charge on any atom is -0.354 e. The summed E-state index contributed by atoms with van der Waals surface area (Å²) in [7, 11) is 3.56. The van der Waals surface area contributed by atoms with Crippen LogP contribution in [0.4, 0.5) is 0 Å². The van der Waals surface area contributed by atoms with Crippen LogP contribution in [0.15, 0.2) is 4.99 Å². The fourth-order valence-electron chi connectivity index (χ4n) is 3.36. The lowest BCUT2D eigenvalue weighted by Crippen LogP contribution is -2.47. The van der Waals surface area contributed by atoms with Crippen molar-refractivity contribution in [2.75, 3.05) is 46.8 Å². The second-order valence-corrected chi connectivity index (χ2v) is 7.37. The van der Waals surface area contributed by atoms with Crippen molar-refractivity contribution in [3.8, 4) is 0 Å². The summed E-state index contributed by atoms with van der Waals surface area (Å²) in [5, 5.41) is 3.51. The van der Waals surface area contributed by atoms with Crippen LogP contribution in [0.2, 0.25) is 0 Å². The molecule has 0 aromatic heterocycles. The van der Waals surface area contributed by atoms with Crippen molar-refractivity contribution in [3.63, 3.8) is 0 Å². The van der Waals surface area contributed by atoms with Gasteiger partial charge >= 0.3 is 0 Å². The number of likely N-dealkylation sites (tertiary alicyclic amines) is 2. The number of nitrogens with zero attached hydrogens (tertiary/aromatic N) is 4. The van der Waals surface area contributed by atoms with Crippen molar-refractivity contribution >= 4 is 35.8 Å². The predicted octanol–water partition coefficient (Wildman–Crippen LogP) is 2.00. The van der Waals surface area contributed by atoms with Crippen molar-refractivity contribution in [1.82, 2.24) is 20.0 Å². The Morgan fingerprint density at radius 1 is 1.24 bits per heavy atom. The van der Waals surface area contributed by atoms with Crippen molar-refractivity contribution in [2.45, 2.75) is 58.0 Å². The molecular formula is C18H36IN5O. The first-order chi connectivity index (χ1) is 11.5. The van der Waals surface area contributed by atoms with Gasteiger partial charge < -0.3 is 15.1 Å². The minimum atomic E-state index is 0. The molecule has 2 atom stereocenters. The zero-order valence-electron chi connectivity index (χ0n) is 16.3. The van der Waals surface area contributed by atoms with Gasteiger partial charge in [0.1, 0.15) is 6.54 Å². The molecule has 0 aliphatic carbocycles. The number of guanidine groups is 1. The van der Waals surface area contributed by atoms with Gasteiger partial charge in [0, 0.05) is 39.3 Å². The third kappa shape index (κ3) is 6.92. The zero-order valence-corrected chi connectivity index (χ0v) is 18.7. The molecule has 0 saturated carbocycles. The van der Waals surface area contributed by atoms with E-state index in [-0.39, 0.29) is 36.4 Å². The summed E-state index contributed by atoms with van der Waals surface area (Å²) in [4.78, 5) is 23.1. The molecule has 2 unspecified atom stereocenters. The van der Waals surface area contributed by atoms with Gasteiger partial charge in [-0.3, -0.25) is 9.69 Å². The average Bonchev–Trinajstić information content (AvgIpc) is 3.08. The molecule has 146 valence electrons. The van der Waals surface area contributed by atoms with Crippen LogP contribution in [0.25, 0.3) is 0 Å². The van der Waals surface area contributed by atoms with Crippen LogP contribution >= 0.6 is 24.0 Å². The molecule has 2 heterocycles. The number of hydrogen-bond acceptors (Lipinski definition) is 3. The number of nitrogens with one attached hydrogen (secondary N) is 1. The Morgan fingerprint density at radius 3 is 2.52 bits per heavy atom. The van der Waals surface area contributed by atoms with E-state index >= 15 is 0 Å². The lowest BCUT2D eigenvalue weighted by Gasteiger charge is -2.32. The largest absolute Gasteiger partial charge is 0.354 e. The first kappa shape index (κ1) is 22.5. The maximum absolute atomic E-state index is 11.9. The van der Waals surface area contributed by atoms with Crippen molar-refractivity contribution in [3.05, 3.63) is 0 Å². The summed E-state index contributed by atoms with van der Waals surface area (Å²) < 4.78 is 0. The molecule has 0 spiro atoms. The van der Waals surface area contributed by atoms with Crippen LogP contribution in [0.1, 0.15) is 46.0 Å². The number of rotatable bonds is 5. The van der Waals surface area contributed by atoms with E-state index in [0.717, 1.165) is 25.5 Å². The Hall–Kier alpha value is -0.570. The molecular weight excluding hydrogens is 429 g/mol. The highest BCUT2D eigenvalue weighted by Gasteiger charge is 2.30. The molecule has 2 rings (SSSR count). The quantitative estimate of drug-likeness (QED) is 0.384. The third-order valence-electron chi connectivity index (χ3n) is 5.22. The van der Waals surface area contributed by atoms with Crippen LogP contribution < -0.4 is 5.32 Å². The van der Waals surface area contributed by atoms with Gasteiger partial charge in [-0.15, -0.1) is 24.0 Å². The van der Waals surface area contributed by atoms with Gasteiger partial charge in [0.2, 0.25) is 5.91 Å². The fraction of sp³-hybridized carbons (Fsp3) is 0.889. The molecule has 0 aromatic carbocycles. The first-order valence-corrected chi connectivity index (χ1v) is 9.51. The molecule has 2 aliphatic heterocycles. The highest BCUT2D eigenvalue weighted by molar-refractivity contribution is 14.0. The summed E-state index contributed by atoms with van der Waals surface area (Å²) in [5.41, 5.74) is 0. The second-order valence-electron chi connectivity index (χ2n) is 7.37. The lowest BCUT2D eigenvalue weighted by molar-refractivity contribution is -0.127. The first-order valence-electron chi connectivity index (χ1n) is 9.51. The molecule has 2 aliphatic rings. The van der Waals surface area contributed by atoms with Crippen LogP contribution in [-0.2, 0) is 4.79 Å². The Bertz CT molecular complexity index is 437. The molecule has 0 aromatic rings. The normalized spacial score (nSPS) is 23.1. The topological polar surface area (TPSA) is 51.2 Å². The fourth-order valence-corrected chi connectivity index (χ4v) is 3.36. The van der Waals surface area contributed by atoms with Crippen LogP contribution in [0.5, 0.6) is 0 Å². The molecule has 0 radical (unpaired) electrons. The van der Waals surface area contributed by atoms with E-state index in [1.165, 1.54) is 38.8 Å². The Balaban J connectivity index is 0.00000312. The highest BCUT2D eigenvalue weighted by atomic mass is 127. The number of piperidine rings is 1. The Kier molecular flexibility index (Phi) is 10.1. The molecule has 1 N–H and O–H groups in total. The van der Waals surface area contributed by atoms with Gasteiger partial charge in [0.05, 0.1) is 0 Å². The number of carbonyl (C=O) groups excluding carboxylic acids is 1. The van der Waals surface area contributed by atoms with Gasteiger partial charge in [-0.25, -0.2) is 4.99 Å². The molecule has 2 fully saturated rings. The van der Waals surface area contributed by atoms with E-state index in [0.29, 0.717) is 12.1 Å². The molecule has 0 bridgehead atoms. The summed E-state index contributed by atoms with van der Waals surface area (Å²) in [5.74, 6) is 0.948. The van der Waals surface area contributed by atoms with E-state index < -0.39 is 0 Å². The van der Waals surface area contributed by atoms with Crippen molar-refractivity contribution < 1.29 is 4.79 Å². The van der Waals surface area contributed by atoms with E-state index in [4.69, 9.17) is 0 Å². The number of halogens is 1. The van der Waals surface area contributed by atoms with Gasteiger partial charge in [-0.1, -0.05) is 13.3 Å². The van der Waals surface area contributed by atoms with Crippen LogP contribution in [0.3, 0.4) is 0 Å². The number of carbonyl (C=O) groups is 1. The molecule has 6 nitrogen and oxygen atoms in total. The monoisotopic (exact) mass is 465 g/mol. The predicted molar refractivity (Wildman–Crippen MR) is 115 cm³/mol. The van der Waals surface area contributed by atoms with Gasteiger partial charge in [0.15, 0.2) is 5.96 Å². The van der Waals surface area contributed by atoms with Gasteiger partial charge in [-0.2, -0.15) is 0 Å². The summed E-state index contributed by atoms with van der Waals surface area (Å²) in [6.45, 7) is 9.09. The van der Waals surface area contributed by atoms with E-state index in [2.05, 4.69) is 34.0 Å². The Morgan fingerprint density at radius 2 is 1.92 bits per heavy atom. The lowest BCUT2D eigenvalue weighted by atomic mass is 10.1. The second kappa shape index (κ2) is 11.2. The molecule has 25 heavy (non-hydrogen) atoms.